The zero-order valence-corrected chi connectivity index (χ0v) is 21.5. The van der Waals surface area contributed by atoms with E-state index in [1.165, 1.54) is 23.9 Å². The summed E-state index contributed by atoms with van der Waals surface area (Å²) in [7, 11) is -5.09. The van der Waals surface area contributed by atoms with Crippen molar-refractivity contribution in [2.45, 2.75) is 57.0 Å². The molecular formula is C20H26N4O11PS-. The van der Waals surface area contributed by atoms with Gasteiger partial charge in [-0.05, 0) is 13.8 Å². The highest BCUT2D eigenvalue weighted by molar-refractivity contribution is 7.71. The van der Waals surface area contributed by atoms with Gasteiger partial charge in [0.15, 0.2) is 0 Å². The number of hydrogen-bond donors (Lipinski definition) is 4. The number of aromatic nitrogens is 4. The monoisotopic (exact) mass is 561 g/mol. The van der Waals surface area contributed by atoms with E-state index in [9.17, 15) is 34.1 Å². The lowest BCUT2D eigenvalue weighted by Crippen LogP contribution is -2.41. The van der Waals surface area contributed by atoms with Crippen LogP contribution in [0.5, 0.6) is 0 Å². The van der Waals surface area contributed by atoms with Gasteiger partial charge >= 0.3 is 11.4 Å². The van der Waals surface area contributed by atoms with E-state index < -0.39 is 74.7 Å². The molecule has 204 valence electrons. The van der Waals surface area contributed by atoms with Gasteiger partial charge in [0.05, 0.1) is 32.0 Å². The van der Waals surface area contributed by atoms with Crippen LogP contribution in [0.4, 0.5) is 0 Å². The summed E-state index contributed by atoms with van der Waals surface area (Å²) in [6.45, 7) is 1.73. The zero-order chi connectivity index (χ0) is 27.1. The number of nitrogens with one attached hydrogen (secondary N) is 2. The summed E-state index contributed by atoms with van der Waals surface area (Å²) in [5.74, 6) is 0. The topological polar surface area (TPSA) is 210 Å². The Kier molecular flexibility index (Phi) is 8.13. The molecular weight excluding hydrogens is 535 g/mol. The number of H-pyrrole nitrogens is 2. The van der Waals surface area contributed by atoms with Crippen LogP contribution in [0.1, 0.15) is 29.8 Å². The van der Waals surface area contributed by atoms with Gasteiger partial charge in [-0.25, -0.2) is 9.59 Å². The van der Waals surface area contributed by atoms with Crippen molar-refractivity contribution < 1.29 is 38.2 Å². The predicted molar refractivity (Wildman–Crippen MR) is 126 cm³/mol. The van der Waals surface area contributed by atoms with Gasteiger partial charge in [0.2, 0.25) is 0 Å². The van der Waals surface area contributed by atoms with E-state index in [0.717, 1.165) is 4.57 Å². The molecule has 2 saturated heterocycles. The number of aryl methyl sites for hydroxylation is 2. The molecule has 0 aliphatic carbocycles. The Morgan fingerprint density at radius 1 is 1.16 bits per heavy atom. The van der Waals surface area contributed by atoms with Crippen molar-refractivity contribution in [3.8, 4) is 0 Å². The highest BCUT2D eigenvalue weighted by atomic mass is 32.1. The molecule has 0 radical (unpaired) electrons. The number of phosphoric ester groups is 1. The van der Waals surface area contributed by atoms with Crippen molar-refractivity contribution in [2.75, 3.05) is 19.8 Å². The SMILES string of the molecule is Cc1cn([C@@H]2CO[C@H](CO)[C@H]2OP(=O)([O-])OC[C@H]2O[C@@H](n3cc(C)c(=S)[nH]c3=O)C[C@@H]2O)c(=O)[nH]c1=O. The number of hydrogen-bond acceptors (Lipinski definition) is 12. The smallest absolute Gasteiger partial charge is 0.328 e. The summed E-state index contributed by atoms with van der Waals surface area (Å²) in [5.41, 5.74) is -1.16. The number of rotatable bonds is 8. The molecule has 2 fully saturated rings. The molecule has 17 heteroatoms. The fraction of sp³-hybridized carbons (Fsp3) is 0.600. The maximum Gasteiger partial charge on any atom is 0.328 e. The van der Waals surface area contributed by atoms with Crippen LogP contribution >= 0.6 is 20.0 Å². The summed E-state index contributed by atoms with van der Waals surface area (Å²) in [6, 6.07) is -0.998. The molecule has 0 saturated carbocycles. The van der Waals surface area contributed by atoms with Crippen LogP contribution in [0.2, 0.25) is 0 Å². The van der Waals surface area contributed by atoms with Gasteiger partial charge in [-0.1, -0.05) is 12.2 Å². The van der Waals surface area contributed by atoms with E-state index in [2.05, 4.69) is 9.97 Å². The molecule has 4 rings (SSSR count). The number of nitrogens with zero attached hydrogens (tertiary/aromatic N) is 2. The average molecular weight is 561 g/mol. The van der Waals surface area contributed by atoms with Crippen molar-refractivity contribution in [1.29, 1.82) is 0 Å². The Morgan fingerprint density at radius 2 is 1.84 bits per heavy atom. The summed E-state index contributed by atoms with van der Waals surface area (Å²) in [6.07, 6.45) is -2.92. The third-order valence-corrected chi connectivity index (χ3v) is 7.61. The van der Waals surface area contributed by atoms with Crippen LogP contribution in [0, 0.1) is 18.5 Å². The lowest BCUT2D eigenvalue weighted by atomic mass is 10.1. The first-order valence-electron chi connectivity index (χ1n) is 11.2. The molecule has 1 unspecified atom stereocenters. The minimum atomic E-state index is -5.09. The molecule has 7 atom stereocenters. The van der Waals surface area contributed by atoms with Gasteiger partial charge in [0.25, 0.3) is 13.4 Å². The number of aliphatic hydroxyl groups excluding tert-OH is 2. The lowest BCUT2D eigenvalue weighted by molar-refractivity contribution is -0.235. The third-order valence-electron chi connectivity index (χ3n) is 6.22. The molecule has 15 nitrogen and oxygen atoms in total. The van der Waals surface area contributed by atoms with Gasteiger partial charge in [0, 0.05) is 29.9 Å². The van der Waals surface area contributed by atoms with Crippen LogP contribution < -0.4 is 21.8 Å². The van der Waals surface area contributed by atoms with E-state index in [0.29, 0.717) is 5.56 Å². The number of aromatic amines is 2. The first kappa shape index (κ1) is 27.8. The van der Waals surface area contributed by atoms with Crippen molar-refractivity contribution in [2.24, 2.45) is 0 Å². The molecule has 2 aromatic heterocycles. The molecule has 2 aromatic rings. The van der Waals surface area contributed by atoms with Crippen LogP contribution in [0.3, 0.4) is 0 Å². The minimum absolute atomic E-state index is 0.0123. The summed E-state index contributed by atoms with van der Waals surface area (Å²) >= 11 is 5.02. The molecule has 0 amide bonds. The fourth-order valence-electron chi connectivity index (χ4n) is 4.21. The Hall–Kier alpha value is -2.27. The van der Waals surface area contributed by atoms with Crippen LogP contribution in [-0.4, -0.2) is 73.6 Å². The molecule has 37 heavy (non-hydrogen) atoms. The zero-order valence-electron chi connectivity index (χ0n) is 19.8. The second kappa shape index (κ2) is 10.8. The first-order chi connectivity index (χ1) is 17.4. The van der Waals surface area contributed by atoms with E-state index >= 15 is 0 Å². The predicted octanol–water partition coefficient (Wildman–Crippen LogP) is -1.48. The Balaban J connectivity index is 1.45. The van der Waals surface area contributed by atoms with Crippen LogP contribution in [-0.2, 0) is 23.1 Å². The minimum Gasteiger partial charge on any atom is -0.756 e. The quantitative estimate of drug-likeness (QED) is 0.215. The second-order valence-electron chi connectivity index (χ2n) is 8.82. The average Bonchev–Trinajstić information content (AvgIpc) is 3.39. The van der Waals surface area contributed by atoms with Crippen molar-refractivity contribution >= 4 is 20.0 Å². The van der Waals surface area contributed by atoms with Crippen molar-refractivity contribution in [1.82, 2.24) is 19.1 Å². The molecule has 0 spiro atoms. The largest absolute Gasteiger partial charge is 0.756 e. The van der Waals surface area contributed by atoms with Crippen LogP contribution in [0.25, 0.3) is 0 Å². The Morgan fingerprint density at radius 3 is 2.54 bits per heavy atom. The van der Waals surface area contributed by atoms with E-state index in [4.69, 9.17) is 30.7 Å². The molecule has 4 heterocycles. The van der Waals surface area contributed by atoms with Crippen molar-refractivity contribution in [3.05, 3.63) is 59.5 Å². The maximum atomic E-state index is 12.7. The summed E-state index contributed by atoms with van der Waals surface area (Å²) in [4.78, 5) is 53.5. The standard InChI is InChI=1S/C20H27N4O11PS/c1-9-4-23(19(28)21-17(9)27)11-7-32-13(6-25)16(11)35-36(30,31)33-8-14-12(26)3-15(34-14)24-5-10(2)18(37)22-20(24)29/h4-5,11-16,25-26H,3,6-8H2,1-2H3,(H,30,31)(H,21,27,28)(H,22,29,37)/p-1/t11-,12+,13-,14-,15-,16+/m1/s1. The maximum absolute atomic E-state index is 12.7. The third kappa shape index (κ3) is 5.92. The van der Waals surface area contributed by atoms with Crippen LogP contribution in [0.15, 0.2) is 26.8 Å². The molecule has 0 bridgehead atoms. The summed E-state index contributed by atoms with van der Waals surface area (Å²) in [5, 5.41) is 20.0. The van der Waals surface area contributed by atoms with E-state index in [1.54, 1.807) is 6.92 Å². The highest BCUT2D eigenvalue weighted by Crippen LogP contribution is 2.45. The van der Waals surface area contributed by atoms with Gasteiger partial charge in [0.1, 0.15) is 29.2 Å². The number of aliphatic hydroxyl groups is 2. The fourth-order valence-corrected chi connectivity index (χ4v) is 5.31. The molecule has 4 N–H and O–H groups in total. The second-order valence-corrected chi connectivity index (χ2v) is 10.6. The van der Waals surface area contributed by atoms with Gasteiger partial charge < -0.3 is 33.6 Å². The van der Waals surface area contributed by atoms with Gasteiger partial charge in [-0.15, -0.1) is 0 Å². The Labute approximate surface area is 213 Å². The molecule has 2 aliphatic rings. The van der Waals surface area contributed by atoms with Gasteiger partial charge in [-0.3, -0.25) is 28.5 Å². The molecule has 2 aliphatic heterocycles. The first-order valence-corrected chi connectivity index (χ1v) is 13.1. The number of ether oxygens (including phenoxy) is 2. The van der Waals surface area contributed by atoms with Crippen molar-refractivity contribution in [3.63, 3.8) is 0 Å². The molecule has 0 aromatic carbocycles. The normalized spacial score (nSPS) is 29.4. The van der Waals surface area contributed by atoms with E-state index in [-0.39, 0.29) is 23.2 Å². The number of phosphoric acid groups is 1. The Bertz CT molecular complexity index is 1430. The highest BCUT2D eigenvalue weighted by Gasteiger charge is 2.43. The van der Waals surface area contributed by atoms with Gasteiger partial charge in [-0.2, -0.15) is 0 Å². The van der Waals surface area contributed by atoms with E-state index in [1.807, 2.05) is 0 Å². The lowest BCUT2D eigenvalue weighted by Gasteiger charge is -2.31. The summed E-state index contributed by atoms with van der Waals surface area (Å²) < 4.78 is 36.4.